The molecule has 0 unspecified atom stereocenters. The first-order valence-electron chi connectivity index (χ1n) is 9.46. The predicted molar refractivity (Wildman–Crippen MR) is 102 cm³/mol. The van der Waals surface area contributed by atoms with E-state index >= 15 is 0 Å². The molecule has 0 aliphatic carbocycles. The fourth-order valence-corrected chi connectivity index (χ4v) is 5.16. The van der Waals surface area contributed by atoms with Gasteiger partial charge in [-0.15, -0.1) is 0 Å². The molecule has 3 atom stereocenters. The SMILES string of the molecule is COc1cc2c(cc1OC)[C@@H]1[C@H]3Cc4ccccc4CN3C(=O)[C@H](C2)N1C. The average molecular weight is 364 g/mol. The van der Waals surface area contributed by atoms with Crippen molar-refractivity contribution in [2.45, 2.75) is 37.5 Å². The van der Waals surface area contributed by atoms with Crippen molar-refractivity contribution in [3.8, 4) is 11.5 Å². The van der Waals surface area contributed by atoms with Crippen LogP contribution in [0.15, 0.2) is 36.4 Å². The summed E-state index contributed by atoms with van der Waals surface area (Å²) in [5.41, 5.74) is 5.09. The van der Waals surface area contributed by atoms with Gasteiger partial charge in [0.2, 0.25) is 5.91 Å². The van der Waals surface area contributed by atoms with E-state index in [4.69, 9.17) is 9.47 Å². The van der Waals surface area contributed by atoms with Crippen LogP contribution in [0.2, 0.25) is 0 Å². The minimum absolute atomic E-state index is 0.109. The first-order chi connectivity index (χ1) is 13.1. The van der Waals surface area contributed by atoms with Crippen molar-refractivity contribution >= 4 is 5.91 Å². The molecule has 3 aliphatic heterocycles. The second-order valence-corrected chi connectivity index (χ2v) is 7.74. The Balaban J connectivity index is 1.65. The molecular formula is C22H24N2O3. The highest BCUT2D eigenvalue weighted by Crippen LogP contribution is 2.46. The number of likely N-dealkylation sites (N-methyl/N-ethyl adjacent to an activating group) is 1. The lowest BCUT2D eigenvalue weighted by Crippen LogP contribution is -2.65. The number of amides is 1. The van der Waals surface area contributed by atoms with Crippen LogP contribution in [-0.4, -0.2) is 49.1 Å². The van der Waals surface area contributed by atoms with E-state index in [1.165, 1.54) is 22.3 Å². The summed E-state index contributed by atoms with van der Waals surface area (Å²) in [5, 5.41) is 0. The molecule has 5 heteroatoms. The van der Waals surface area contributed by atoms with Gasteiger partial charge in [-0.2, -0.15) is 0 Å². The molecule has 2 bridgehead atoms. The molecule has 2 aromatic carbocycles. The lowest BCUT2D eigenvalue weighted by atomic mass is 9.77. The quantitative estimate of drug-likeness (QED) is 0.821. The van der Waals surface area contributed by atoms with Crippen molar-refractivity contribution < 1.29 is 14.3 Å². The standard InChI is InChI=1S/C22H24N2O3/c1-23-18-9-15-10-19(26-2)20(27-3)11-16(15)21(23)17-8-13-6-4-5-7-14(13)12-24(17)22(18)25/h4-7,10-11,17-18,21H,8-9,12H2,1-3H3/t17-,18+,21-/m1/s1. The van der Waals surface area contributed by atoms with Crippen LogP contribution in [-0.2, 0) is 24.2 Å². The minimum atomic E-state index is -0.109. The molecule has 0 radical (unpaired) electrons. The smallest absolute Gasteiger partial charge is 0.240 e. The maximum Gasteiger partial charge on any atom is 0.240 e. The Labute approximate surface area is 159 Å². The molecule has 1 saturated heterocycles. The van der Waals surface area contributed by atoms with E-state index < -0.39 is 0 Å². The third-order valence-corrected chi connectivity index (χ3v) is 6.53. The van der Waals surface area contributed by atoms with Gasteiger partial charge in [-0.1, -0.05) is 24.3 Å². The van der Waals surface area contributed by atoms with Crippen molar-refractivity contribution in [2.24, 2.45) is 0 Å². The Morgan fingerprint density at radius 2 is 1.67 bits per heavy atom. The van der Waals surface area contributed by atoms with Gasteiger partial charge in [-0.25, -0.2) is 0 Å². The Morgan fingerprint density at radius 1 is 0.963 bits per heavy atom. The second kappa shape index (κ2) is 5.99. The maximum atomic E-state index is 13.3. The minimum Gasteiger partial charge on any atom is -0.493 e. The summed E-state index contributed by atoms with van der Waals surface area (Å²) in [6, 6.07) is 12.9. The number of methoxy groups -OCH3 is 2. The Kier molecular flexibility index (Phi) is 3.69. The summed E-state index contributed by atoms with van der Waals surface area (Å²) in [5.74, 6) is 1.73. The highest BCUT2D eigenvalue weighted by molar-refractivity contribution is 5.85. The van der Waals surface area contributed by atoms with Crippen molar-refractivity contribution in [1.29, 1.82) is 0 Å². The number of rotatable bonds is 2. The van der Waals surface area contributed by atoms with Gasteiger partial charge in [0, 0.05) is 6.54 Å². The summed E-state index contributed by atoms with van der Waals surface area (Å²) in [7, 11) is 5.42. The Hall–Kier alpha value is -2.53. The third-order valence-electron chi connectivity index (χ3n) is 6.53. The lowest BCUT2D eigenvalue weighted by molar-refractivity contribution is -0.152. The highest BCUT2D eigenvalue weighted by atomic mass is 16.5. The number of hydrogen-bond acceptors (Lipinski definition) is 4. The monoisotopic (exact) mass is 364 g/mol. The van der Waals surface area contributed by atoms with Crippen LogP contribution in [0.25, 0.3) is 0 Å². The van der Waals surface area contributed by atoms with Gasteiger partial charge in [-0.3, -0.25) is 9.69 Å². The van der Waals surface area contributed by atoms with E-state index in [1.54, 1.807) is 14.2 Å². The predicted octanol–water partition coefficient (Wildman–Crippen LogP) is 2.57. The van der Waals surface area contributed by atoms with Gasteiger partial charge in [0.15, 0.2) is 11.5 Å². The van der Waals surface area contributed by atoms with E-state index in [9.17, 15) is 4.79 Å². The molecule has 0 spiro atoms. The first-order valence-corrected chi connectivity index (χ1v) is 9.46. The summed E-state index contributed by atoms with van der Waals surface area (Å²) in [6.45, 7) is 0.711. The lowest BCUT2D eigenvalue weighted by Gasteiger charge is -2.55. The van der Waals surface area contributed by atoms with Crippen LogP contribution >= 0.6 is 0 Å². The molecule has 140 valence electrons. The van der Waals surface area contributed by atoms with E-state index in [0.717, 1.165) is 17.9 Å². The van der Waals surface area contributed by atoms with Crippen LogP contribution in [0.4, 0.5) is 0 Å². The number of nitrogens with zero attached hydrogens (tertiary/aromatic N) is 2. The van der Waals surface area contributed by atoms with Gasteiger partial charge < -0.3 is 14.4 Å². The normalized spacial score (nSPS) is 26.1. The molecule has 0 N–H and O–H groups in total. The zero-order valence-corrected chi connectivity index (χ0v) is 15.9. The molecule has 5 rings (SSSR count). The number of fused-ring (bicyclic) bond motifs is 7. The van der Waals surface area contributed by atoms with Crippen LogP contribution in [0.5, 0.6) is 11.5 Å². The van der Waals surface area contributed by atoms with Gasteiger partial charge in [0.25, 0.3) is 0 Å². The van der Waals surface area contributed by atoms with Crippen molar-refractivity contribution in [2.75, 3.05) is 21.3 Å². The summed E-state index contributed by atoms with van der Waals surface area (Å²) in [4.78, 5) is 17.7. The topological polar surface area (TPSA) is 42.0 Å². The molecule has 27 heavy (non-hydrogen) atoms. The highest BCUT2D eigenvalue weighted by Gasteiger charge is 2.50. The summed E-state index contributed by atoms with van der Waals surface area (Å²) >= 11 is 0. The number of carbonyl (C=O) groups is 1. The van der Waals surface area contributed by atoms with Gasteiger partial charge in [0.05, 0.1) is 32.3 Å². The van der Waals surface area contributed by atoms with Crippen molar-refractivity contribution in [3.63, 3.8) is 0 Å². The van der Waals surface area contributed by atoms with E-state index in [-0.39, 0.29) is 24.0 Å². The van der Waals surface area contributed by atoms with Crippen molar-refractivity contribution in [1.82, 2.24) is 9.80 Å². The number of benzene rings is 2. The zero-order chi connectivity index (χ0) is 18.7. The fourth-order valence-electron chi connectivity index (χ4n) is 5.16. The molecule has 1 amide bonds. The van der Waals surface area contributed by atoms with E-state index in [1.807, 2.05) is 0 Å². The molecule has 2 aromatic rings. The molecule has 0 aromatic heterocycles. The zero-order valence-electron chi connectivity index (χ0n) is 15.9. The van der Waals surface area contributed by atoms with Crippen LogP contribution in [0.3, 0.4) is 0 Å². The van der Waals surface area contributed by atoms with Gasteiger partial charge in [-0.05, 0) is 54.3 Å². The molecule has 1 fully saturated rings. The van der Waals surface area contributed by atoms with E-state index in [2.05, 4.69) is 53.2 Å². The third kappa shape index (κ3) is 2.31. The van der Waals surface area contributed by atoms with Gasteiger partial charge in [0.1, 0.15) is 0 Å². The largest absolute Gasteiger partial charge is 0.493 e. The number of carbonyl (C=O) groups excluding carboxylic acids is 1. The molecule has 3 aliphatic rings. The average Bonchev–Trinajstić information content (AvgIpc) is 2.70. The summed E-state index contributed by atoms with van der Waals surface area (Å²) < 4.78 is 11.1. The Bertz CT molecular complexity index is 926. The number of ether oxygens (including phenoxy) is 2. The molecular weight excluding hydrogens is 340 g/mol. The first kappa shape index (κ1) is 16.6. The van der Waals surface area contributed by atoms with E-state index in [0.29, 0.717) is 13.0 Å². The second-order valence-electron chi connectivity index (χ2n) is 7.74. The fraction of sp³-hybridized carbons (Fsp3) is 0.409. The number of hydrogen-bond donors (Lipinski definition) is 0. The molecule has 3 heterocycles. The van der Waals surface area contributed by atoms with Crippen LogP contribution in [0, 0.1) is 0 Å². The maximum absolute atomic E-state index is 13.3. The van der Waals surface area contributed by atoms with Crippen molar-refractivity contribution in [3.05, 3.63) is 58.7 Å². The van der Waals surface area contributed by atoms with Crippen LogP contribution in [0.1, 0.15) is 28.3 Å². The van der Waals surface area contributed by atoms with Crippen LogP contribution < -0.4 is 9.47 Å². The summed E-state index contributed by atoms with van der Waals surface area (Å²) in [6.07, 6.45) is 1.60. The number of piperazine rings is 1. The Morgan fingerprint density at radius 3 is 2.41 bits per heavy atom. The molecule has 5 nitrogen and oxygen atoms in total. The van der Waals surface area contributed by atoms with Gasteiger partial charge >= 0.3 is 0 Å². The molecule has 0 saturated carbocycles.